The molecule has 1 aliphatic heterocycles. The van der Waals surface area contributed by atoms with Gasteiger partial charge in [0, 0.05) is 32.5 Å². The Labute approximate surface area is 279 Å². The molecular formula is C22H37Cl9O8. The lowest BCUT2D eigenvalue weighted by molar-refractivity contribution is 0.253. The van der Waals surface area contributed by atoms with Gasteiger partial charge in [-0.1, -0.05) is 17.9 Å². The van der Waals surface area contributed by atoms with E-state index < -0.39 is 12.2 Å². The normalized spacial score (nSPS) is 12.1. The topological polar surface area (TPSA) is 165 Å². The summed E-state index contributed by atoms with van der Waals surface area (Å²) in [5.74, 6) is 9.12. The van der Waals surface area contributed by atoms with E-state index in [-0.39, 0.29) is 28.6 Å². The molecule has 0 saturated carbocycles. The van der Waals surface area contributed by atoms with E-state index in [1.165, 1.54) is 0 Å². The maximum Gasteiger partial charge on any atom is 0.113 e. The molecular weight excluding hydrogens is 711 g/mol. The molecule has 0 amide bonds. The molecule has 0 aliphatic carbocycles. The first-order chi connectivity index (χ1) is 17.4. The number of halogens is 9. The van der Waals surface area contributed by atoms with Crippen LogP contribution >= 0.6 is 104 Å². The molecule has 1 aliphatic rings. The van der Waals surface area contributed by atoms with Crippen molar-refractivity contribution in [1.29, 1.82) is 0 Å². The van der Waals surface area contributed by atoms with Crippen LogP contribution in [0, 0.1) is 46.7 Å². The van der Waals surface area contributed by atoms with Gasteiger partial charge in [0.1, 0.15) is 24.4 Å². The molecule has 1 fully saturated rings. The molecule has 5 unspecified atom stereocenters. The SMILES string of the molecule is C=CC.CC(Cl)C#CO.CC(Cl)C#CO.CC(O)C#CCl.CC(O)C#CCl.CC1CO1.Cl.ClCl.O.OCl.OCl. The van der Waals surface area contributed by atoms with Gasteiger partial charge >= 0.3 is 0 Å². The van der Waals surface area contributed by atoms with E-state index in [0.717, 1.165) is 6.61 Å². The van der Waals surface area contributed by atoms with Gasteiger partial charge in [0.15, 0.2) is 0 Å². The Kier molecular flexibility index (Phi) is 132. The van der Waals surface area contributed by atoms with Gasteiger partial charge in [0.05, 0.1) is 47.2 Å². The fraction of sp³-hybridized carbons (Fsp3) is 0.545. The molecule has 0 aromatic rings. The minimum atomic E-state index is -0.595. The molecule has 0 aromatic carbocycles. The number of aliphatic hydroxyl groups is 4. The lowest BCUT2D eigenvalue weighted by Gasteiger charge is -1.81. The highest BCUT2D eigenvalue weighted by Crippen LogP contribution is 2.04. The summed E-state index contributed by atoms with van der Waals surface area (Å²) >= 11 is 27.5. The summed E-state index contributed by atoms with van der Waals surface area (Å²) in [6.45, 7) is 14.8. The number of alkyl halides is 2. The Morgan fingerprint density at radius 1 is 0.795 bits per heavy atom. The Balaban J connectivity index is -0.0000000311. The second-order valence-electron chi connectivity index (χ2n) is 5.13. The average molecular weight is 749 g/mol. The van der Waals surface area contributed by atoms with E-state index in [0.29, 0.717) is 6.10 Å². The van der Waals surface area contributed by atoms with E-state index in [4.69, 9.17) is 80.9 Å². The molecule has 17 heteroatoms. The molecule has 8 N–H and O–H groups in total. The summed E-state index contributed by atoms with van der Waals surface area (Å²) < 4.78 is 17.7. The van der Waals surface area contributed by atoms with Gasteiger partial charge in [-0.25, -0.2) is 0 Å². The smallest absolute Gasteiger partial charge is 0.113 e. The maximum absolute atomic E-state index is 8.29. The van der Waals surface area contributed by atoms with Crippen molar-refractivity contribution in [2.24, 2.45) is 0 Å². The highest BCUT2D eigenvalue weighted by molar-refractivity contribution is 6.85. The lowest BCUT2D eigenvalue weighted by atomic mass is 10.4. The van der Waals surface area contributed by atoms with Crippen molar-refractivity contribution in [3.8, 4) is 46.7 Å². The molecule has 1 heterocycles. The number of aliphatic hydroxyl groups excluding tert-OH is 4. The zero-order chi connectivity index (χ0) is 31.7. The van der Waals surface area contributed by atoms with Crippen molar-refractivity contribution < 1.29 is 40.0 Å². The zero-order valence-electron chi connectivity index (χ0n) is 21.9. The molecule has 0 radical (unpaired) electrons. The summed E-state index contributed by atoms with van der Waals surface area (Å²) in [5.41, 5.74) is 0. The summed E-state index contributed by atoms with van der Waals surface area (Å²) in [7, 11) is 8.22. The van der Waals surface area contributed by atoms with Crippen molar-refractivity contribution in [3.05, 3.63) is 12.7 Å². The molecule has 0 bridgehead atoms. The third kappa shape index (κ3) is 219. The van der Waals surface area contributed by atoms with Crippen molar-refractivity contribution in [1.82, 2.24) is 0 Å². The number of hydrogen-bond donors (Lipinski definition) is 6. The molecule has 39 heavy (non-hydrogen) atoms. The van der Waals surface area contributed by atoms with Crippen molar-refractivity contribution >= 4 is 104 Å². The fourth-order valence-electron chi connectivity index (χ4n) is 0.432. The van der Waals surface area contributed by atoms with Crippen LogP contribution in [0.5, 0.6) is 0 Å². The number of rotatable bonds is 0. The van der Waals surface area contributed by atoms with Crippen LogP contribution in [0.3, 0.4) is 0 Å². The lowest BCUT2D eigenvalue weighted by Crippen LogP contribution is -1.90. The summed E-state index contributed by atoms with van der Waals surface area (Å²) in [6.07, 6.45) is 4.51. The molecule has 0 spiro atoms. The second kappa shape index (κ2) is 76.9. The fourth-order valence-corrected chi connectivity index (χ4v) is 0.845. The minimum absolute atomic E-state index is 0. The second-order valence-corrected chi connectivity index (χ2v) is 6.81. The van der Waals surface area contributed by atoms with Crippen LogP contribution in [0.2, 0.25) is 0 Å². The largest absolute Gasteiger partial charge is 0.462 e. The van der Waals surface area contributed by atoms with E-state index in [1.54, 1.807) is 46.0 Å². The number of ether oxygens (including phenoxy) is 1. The zero-order valence-corrected chi connectivity index (χ0v) is 28.8. The summed E-state index contributed by atoms with van der Waals surface area (Å²) in [5, 5.41) is 35.8. The molecule has 0 aromatic heterocycles. The molecule has 1 saturated heterocycles. The molecule has 1 rings (SSSR count). The monoisotopic (exact) mass is 744 g/mol. The minimum Gasteiger partial charge on any atom is -0.462 e. The van der Waals surface area contributed by atoms with E-state index in [2.05, 4.69) is 82.6 Å². The molecule has 8 nitrogen and oxygen atoms in total. The van der Waals surface area contributed by atoms with Crippen molar-refractivity contribution in [2.75, 3.05) is 6.61 Å². The standard InChI is InChI=1S/4C4H5ClO.C3H6O.C3H6.Cl2.2ClHO.ClH.H2O/c2*1-4(5)2-3-6;2*1-4(6)2-3-5;1-3-2-4-3;1-3-2;3*1-2;;/h4*4,6H,1H3;3H,2H2,1H3;3H,1H2,2H3;;2*2H;1H;1H2. The number of hydrogen-bond acceptors (Lipinski definition) is 7. The number of epoxide rings is 1. The summed E-state index contributed by atoms with van der Waals surface area (Å²) in [4.78, 5) is 0. The molecule has 5 atom stereocenters. The first-order valence-corrected chi connectivity index (χ1v) is 12.7. The summed E-state index contributed by atoms with van der Waals surface area (Å²) in [6, 6.07) is 0. The van der Waals surface area contributed by atoms with Crippen LogP contribution in [0.4, 0.5) is 0 Å². The average Bonchev–Trinajstić information content (AvgIpc) is 3.62. The highest BCUT2D eigenvalue weighted by Gasteiger charge is 2.13. The van der Waals surface area contributed by atoms with Gasteiger partial charge < -0.3 is 30.6 Å². The predicted molar refractivity (Wildman–Crippen MR) is 171 cm³/mol. The van der Waals surface area contributed by atoms with E-state index >= 15 is 0 Å². The van der Waals surface area contributed by atoms with Gasteiger partial charge in [-0.2, -0.15) is 0 Å². The predicted octanol–water partition coefficient (Wildman–Crippen LogP) is 5.87. The van der Waals surface area contributed by atoms with Crippen molar-refractivity contribution in [2.45, 2.75) is 70.6 Å². The van der Waals surface area contributed by atoms with E-state index in [9.17, 15) is 0 Å². The van der Waals surface area contributed by atoms with Crippen LogP contribution in [0.15, 0.2) is 12.7 Å². The Morgan fingerprint density at radius 3 is 0.974 bits per heavy atom. The first kappa shape index (κ1) is 66.9. The molecule has 236 valence electrons. The van der Waals surface area contributed by atoms with Crippen LogP contribution in [-0.2, 0) is 4.74 Å². The third-order valence-corrected chi connectivity index (χ3v) is 1.99. The van der Waals surface area contributed by atoms with Gasteiger partial charge in [0.2, 0.25) is 0 Å². The Hall–Kier alpha value is -0.0500. The van der Waals surface area contributed by atoms with Gasteiger partial charge in [0.25, 0.3) is 0 Å². The highest BCUT2D eigenvalue weighted by atomic mass is 36.5. The van der Waals surface area contributed by atoms with Gasteiger partial charge in [-0.3, -0.25) is 9.32 Å². The Bertz CT molecular complexity index is 539. The Morgan fingerprint density at radius 2 is 0.974 bits per heavy atom. The quantitative estimate of drug-likeness (QED) is 0.0781. The van der Waals surface area contributed by atoms with Crippen LogP contribution in [-0.4, -0.2) is 70.9 Å². The first-order valence-electron chi connectivity index (χ1n) is 9.22. The van der Waals surface area contributed by atoms with Gasteiger partial charge in [-0.05, 0) is 76.6 Å². The van der Waals surface area contributed by atoms with Crippen LogP contribution in [0.1, 0.15) is 41.5 Å². The third-order valence-electron chi connectivity index (χ3n) is 1.55. The van der Waals surface area contributed by atoms with Gasteiger partial charge in [-0.15, -0.1) is 42.2 Å². The maximum atomic E-state index is 8.29. The van der Waals surface area contributed by atoms with Crippen LogP contribution < -0.4 is 0 Å². The van der Waals surface area contributed by atoms with Crippen molar-refractivity contribution in [3.63, 3.8) is 0 Å². The van der Waals surface area contributed by atoms with Crippen LogP contribution in [0.25, 0.3) is 0 Å². The van der Waals surface area contributed by atoms with E-state index in [1.807, 2.05) is 17.7 Å². The number of allylic oxidation sites excluding steroid dienone is 1.